The Balaban J connectivity index is 0.00000363. The van der Waals surface area contributed by atoms with E-state index in [0.717, 1.165) is 80.3 Å². The standard InChI is InChI=1S/C23H35N5O2S.HI/c1-3-30-16-6-12-24-22(26-17-19-7-9-21(29-2)10-8-19)25-13-11-20-18-31-23(27-20)28-14-4-5-15-28;/h7-10,18H,3-6,11-17H2,1-2H3,(H2,24,25,26);1H. The van der Waals surface area contributed by atoms with Crippen LogP contribution in [0.1, 0.15) is 37.4 Å². The number of ether oxygens (including phenoxy) is 2. The van der Waals surface area contributed by atoms with Crippen molar-refractivity contribution in [3.8, 4) is 5.75 Å². The van der Waals surface area contributed by atoms with Gasteiger partial charge in [0.1, 0.15) is 5.75 Å². The maximum Gasteiger partial charge on any atom is 0.191 e. The van der Waals surface area contributed by atoms with Crippen molar-refractivity contribution in [2.45, 2.75) is 39.2 Å². The van der Waals surface area contributed by atoms with E-state index in [1.54, 1.807) is 18.4 Å². The van der Waals surface area contributed by atoms with Crippen LogP contribution in [0.4, 0.5) is 5.13 Å². The molecule has 1 aliphatic rings. The number of halogens is 1. The molecule has 32 heavy (non-hydrogen) atoms. The predicted octanol–water partition coefficient (Wildman–Crippen LogP) is 4.07. The van der Waals surface area contributed by atoms with Crippen molar-refractivity contribution in [2.24, 2.45) is 4.99 Å². The van der Waals surface area contributed by atoms with Gasteiger partial charge in [0.15, 0.2) is 11.1 Å². The molecule has 1 saturated heterocycles. The third-order valence-electron chi connectivity index (χ3n) is 5.13. The number of guanidine groups is 1. The van der Waals surface area contributed by atoms with Gasteiger partial charge in [0.05, 0.1) is 19.3 Å². The number of anilines is 1. The molecule has 1 aliphatic heterocycles. The molecule has 2 N–H and O–H groups in total. The van der Waals surface area contributed by atoms with E-state index in [1.165, 1.54) is 12.8 Å². The molecule has 178 valence electrons. The molecule has 1 aromatic carbocycles. The number of nitrogens with one attached hydrogen (secondary N) is 2. The SMILES string of the molecule is CCOCCCNC(=NCc1ccc(OC)cc1)NCCc1csc(N2CCCC2)n1.I. The van der Waals surface area contributed by atoms with Gasteiger partial charge in [0.2, 0.25) is 0 Å². The van der Waals surface area contributed by atoms with E-state index in [0.29, 0.717) is 6.54 Å². The summed E-state index contributed by atoms with van der Waals surface area (Å²) in [5, 5.41) is 10.2. The van der Waals surface area contributed by atoms with Gasteiger partial charge in [-0.15, -0.1) is 35.3 Å². The molecule has 2 heterocycles. The fourth-order valence-corrected chi connectivity index (χ4v) is 4.29. The zero-order chi connectivity index (χ0) is 21.7. The summed E-state index contributed by atoms with van der Waals surface area (Å²) in [6, 6.07) is 8.02. The van der Waals surface area contributed by atoms with E-state index in [2.05, 4.69) is 20.9 Å². The molecule has 0 aliphatic carbocycles. The lowest BCUT2D eigenvalue weighted by atomic mass is 10.2. The van der Waals surface area contributed by atoms with Crippen molar-refractivity contribution in [1.29, 1.82) is 0 Å². The van der Waals surface area contributed by atoms with Crippen LogP contribution in [0.2, 0.25) is 0 Å². The highest BCUT2D eigenvalue weighted by molar-refractivity contribution is 14.0. The summed E-state index contributed by atoms with van der Waals surface area (Å²) in [5.41, 5.74) is 2.29. The van der Waals surface area contributed by atoms with E-state index in [1.807, 2.05) is 31.2 Å². The van der Waals surface area contributed by atoms with Crippen LogP contribution in [0.3, 0.4) is 0 Å². The van der Waals surface area contributed by atoms with Crippen LogP contribution in [-0.4, -0.2) is 57.4 Å². The number of rotatable bonds is 12. The quantitative estimate of drug-likeness (QED) is 0.173. The van der Waals surface area contributed by atoms with Crippen LogP contribution in [0, 0.1) is 0 Å². The molecule has 2 aromatic rings. The topological polar surface area (TPSA) is 71.0 Å². The highest BCUT2D eigenvalue weighted by Gasteiger charge is 2.15. The molecular formula is C23H36IN5O2S. The second kappa shape index (κ2) is 15.3. The van der Waals surface area contributed by atoms with Crippen LogP contribution in [0.25, 0.3) is 0 Å². The van der Waals surface area contributed by atoms with Crippen LogP contribution >= 0.6 is 35.3 Å². The van der Waals surface area contributed by atoms with Gasteiger partial charge in [-0.2, -0.15) is 0 Å². The van der Waals surface area contributed by atoms with Gasteiger partial charge in [-0.1, -0.05) is 12.1 Å². The van der Waals surface area contributed by atoms with Gasteiger partial charge in [0.25, 0.3) is 0 Å². The number of thiazole rings is 1. The highest BCUT2D eigenvalue weighted by Crippen LogP contribution is 2.24. The Morgan fingerprint density at radius 1 is 1.16 bits per heavy atom. The monoisotopic (exact) mass is 573 g/mol. The average Bonchev–Trinajstić information content (AvgIpc) is 3.49. The number of aromatic nitrogens is 1. The number of methoxy groups -OCH3 is 1. The van der Waals surface area contributed by atoms with E-state index < -0.39 is 0 Å². The smallest absolute Gasteiger partial charge is 0.191 e. The molecule has 1 fully saturated rings. The summed E-state index contributed by atoms with van der Waals surface area (Å²) in [7, 11) is 1.68. The molecule has 0 atom stereocenters. The summed E-state index contributed by atoms with van der Waals surface area (Å²) in [6.07, 6.45) is 4.38. The minimum absolute atomic E-state index is 0. The second-order valence-electron chi connectivity index (χ2n) is 7.48. The van der Waals surface area contributed by atoms with Crippen molar-refractivity contribution >= 4 is 46.4 Å². The Hall–Kier alpha value is -1.59. The van der Waals surface area contributed by atoms with E-state index in [9.17, 15) is 0 Å². The first kappa shape index (κ1) is 26.7. The Labute approximate surface area is 213 Å². The first-order valence-electron chi connectivity index (χ1n) is 11.2. The van der Waals surface area contributed by atoms with Crippen LogP contribution in [0.15, 0.2) is 34.6 Å². The van der Waals surface area contributed by atoms with E-state index >= 15 is 0 Å². The van der Waals surface area contributed by atoms with Crippen molar-refractivity contribution in [3.05, 3.63) is 40.9 Å². The molecule has 1 aromatic heterocycles. The third kappa shape index (κ3) is 9.11. The fourth-order valence-electron chi connectivity index (χ4n) is 3.37. The lowest BCUT2D eigenvalue weighted by Crippen LogP contribution is -2.39. The van der Waals surface area contributed by atoms with Crippen molar-refractivity contribution in [1.82, 2.24) is 15.6 Å². The van der Waals surface area contributed by atoms with Crippen molar-refractivity contribution in [2.75, 3.05) is 51.4 Å². The van der Waals surface area contributed by atoms with E-state index in [-0.39, 0.29) is 24.0 Å². The molecule has 0 amide bonds. The summed E-state index contributed by atoms with van der Waals surface area (Å²) in [6.45, 7) is 8.04. The Bertz CT molecular complexity index is 794. The Morgan fingerprint density at radius 3 is 2.62 bits per heavy atom. The minimum Gasteiger partial charge on any atom is -0.497 e. The molecule has 3 rings (SSSR count). The molecule has 9 heteroatoms. The normalized spacial score (nSPS) is 13.7. The van der Waals surface area contributed by atoms with Gasteiger partial charge in [0, 0.05) is 51.2 Å². The van der Waals surface area contributed by atoms with E-state index in [4.69, 9.17) is 19.5 Å². The van der Waals surface area contributed by atoms with Gasteiger partial charge in [-0.3, -0.25) is 0 Å². The number of hydrogen-bond acceptors (Lipinski definition) is 6. The first-order chi connectivity index (χ1) is 15.3. The number of benzene rings is 1. The van der Waals surface area contributed by atoms with Crippen LogP contribution < -0.4 is 20.3 Å². The maximum atomic E-state index is 5.43. The molecule has 0 saturated carbocycles. The molecule has 0 bridgehead atoms. The predicted molar refractivity (Wildman–Crippen MR) is 144 cm³/mol. The molecule has 0 unspecified atom stereocenters. The van der Waals surface area contributed by atoms with Crippen molar-refractivity contribution in [3.63, 3.8) is 0 Å². The lowest BCUT2D eigenvalue weighted by Gasteiger charge is -2.13. The second-order valence-corrected chi connectivity index (χ2v) is 8.32. The van der Waals surface area contributed by atoms with Gasteiger partial charge < -0.3 is 25.0 Å². The van der Waals surface area contributed by atoms with Crippen molar-refractivity contribution < 1.29 is 9.47 Å². The number of hydrogen-bond donors (Lipinski definition) is 2. The maximum absolute atomic E-state index is 5.43. The fraction of sp³-hybridized carbons (Fsp3) is 0.565. The molecule has 0 radical (unpaired) electrons. The summed E-state index contributed by atoms with van der Waals surface area (Å²) >= 11 is 1.75. The van der Waals surface area contributed by atoms with Crippen LogP contribution in [0.5, 0.6) is 5.75 Å². The summed E-state index contributed by atoms with van der Waals surface area (Å²) in [5.74, 6) is 1.68. The molecule has 7 nitrogen and oxygen atoms in total. The summed E-state index contributed by atoms with van der Waals surface area (Å²) < 4.78 is 10.7. The van der Waals surface area contributed by atoms with Gasteiger partial charge >= 0.3 is 0 Å². The summed E-state index contributed by atoms with van der Waals surface area (Å²) in [4.78, 5) is 12.0. The van der Waals surface area contributed by atoms with Gasteiger partial charge in [-0.05, 0) is 43.9 Å². The highest BCUT2D eigenvalue weighted by atomic mass is 127. The van der Waals surface area contributed by atoms with Gasteiger partial charge in [-0.25, -0.2) is 9.98 Å². The zero-order valence-corrected chi connectivity index (χ0v) is 22.3. The largest absolute Gasteiger partial charge is 0.497 e. The molecule has 0 spiro atoms. The first-order valence-corrected chi connectivity index (χ1v) is 12.1. The Morgan fingerprint density at radius 2 is 1.91 bits per heavy atom. The number of aliphatic imine (C=N–C) groups is 1. The average molecular weight is 574 g/mol. The minimum atomic E-state index is 0. The molecular weight excluding hydrogens is 537 g/mol. The Kier molecular flexibility index (Phi) is 12.7. The third-order valence-corrected chi connectivity index (χ3v) is 6.08. The van der Waals surface area contributed by atoms with Crippen LogP contribution in [-0.2, 0) is 17.7 Å². The number of nitrogens with zero attached hydrogens (tertiary/aromatic N) is 3. The zero-order valence-electron chi connectivity index (χ0n) is 19.1. The lowest BCUT2D eigenvalue weighted by molar-refractivity contribution is 0.145.